The van der Waals surface area contributed by atoms with E-state index < -0.39 is 0 Å². The van der Waals surface area contributed by atoms with Crippen LogP contribution in [0.1, 0.15) is 25.1 Å². The minimum atomic E-state index is 0.345. The lowest BCUT2D eigenvalue weighted by Crippen LogP contribution is -2.31. The number of ether oxygens (including phenoxy) is 1. The van der Waals surface area contributed by atoms with E-state index in [0.717, 1.165) is 37.8 Å². The molecule has 1 saturated heterocycles. The van der Waals surface area contributed by atoms with E-state index >= 15 is 0 Å². The Balaban J connectivity index is 1.90. The average molecular weight is 312 g/mol. The standard InChI is InChI=1S/C16H20N6O/c1-23-13-8-4-3-7-12(13)18-15-19-14(11-17)20-16(21-15)22-9-5-2-6-10-22/h3-4,7-8,11,17H,2,5-6,9-10H2,1H3,(H,18,19,20,21). The van der Waals surface area contributed by atoms with Crippen molar-refractivity contribution in [2.45, 2.75) is 19.3 Å². The van der Waals surface area contributed by atoms with Crippen LogP contribution >= 0.6 is 0 Å². The van der Waals surface area contributed by atoms with E-state index in [1.165, 1.54) is 6.42 Å². The van der Waals surface area contributed by atoms with Crippen LogP contribution < -0.4 is 15.0 Å². The highest BCUT2D eigenvalue weighted by Gasteiger charge is 2.16. The summed E-state index contributed by atoms with van der Waals surface area (Å²) in [7, 11) is 1.62. The second-order valence-electron chi connectivity index (χ2n) is 5.33. The summed E-state index contributed by atoms with van der Waals surface area (Å²) in [6.07, 6.45) is 4.66. The Morgan fingerprint density at radius 1 is 1.13 bits per heavy atom. The first-order valence-corrected chi connectivity index (χ1v) is 7.71. The van der Waals surface area contributed by atoms with E-state index in [1.54, 1.807) is 7.11 Å². The van der Waals surface area contributed by atoms with Crippen LogP contribution in [-0.4, -0.2) is 41.4 Å². The number of hydrogen-bond donors (Lipinski definition) is 2. The molecule has 2 N–H and O–H groups in total. The summed E-state index contributed by atoms with van der Waals surface area (Å²) in [5.74, 6) is 2.10. The molecular formula is C16H20N6O. The normalized spacial score (nSPS) is 14.4. The molecule has 0 atom stereocenters. The maximum atomic E-state index is 7.46. The minimum absolute atomic E-state index is 0.345. The largest absolute Gasteiger partial charge is 0.495 e. The van der Waals surface area contributed by atoms with Crippen molar-refractivity contribution in [1.29, 1.82) is 5.41 Å². The molecule has 2 heterocycles. The number of rotatable bonds is 5. The van der Waals surface area contributed by atoms with Crippen LogP contribution in [0.5, 0.6) is 5.75 Å². The Kier molecular flexibility index (Phi) is 4.65. The summed E-state index contributed by atoms with van der Waals surface area (Å²) < 4.78 is 5.33. The number of nitrogens with one attached hydrogen (secondary N) is 2. The van der Waals surface area contributed by atoms with E-state index in [1.807, 2.05) is 24.3 Å². The molecule has 0 unspecified atom stereocenters. The fourth-order valence-electron chi connectivity index (χ4n) is 2.60. The van der Waals surface area contributed by atoms with Crippen LogP contribution in [0.3, 0.4) is 0 Å². The lowest BCUT2D eigenvalue weighted by Gasteiger charge is -2.26. The fourth-order valence-corrected chi connectivity index (χ4v) is 2.60. The molecular weight excluding hydrogens is 292 g/mol. The van der Waals surface area contributed by atoms with E-state index in [4.69, 9.17) is 10.1 Å². The number of piperidine rings is 1. The van der Waals surface area contributed by atoms with E-state index in [0.29, 0.717) is 23.5 Å². The van der Waals surface area contributed by atoms with Gasteiger partial charge in [0.2, 0.25) is 11.9 Å². The molecule has 120 valence electrons. The fraction of sp³-hybridized carbons (Fsp3) is 0.375. The van der Waals surface area contributed by atoms with Gasteiger partial charge in [-0.3, -0.25) is 0 Å². The summed E-state index contributed by atoms with van der Waals surface area (Å²) in [5, 5.41) is 10.6. The molecule has 0 saturated carbocycles. The highest BCUT2D eigenvalue weighted by Crippen LogP contribution is 2.26. The monoisotopic (exact) mass is 312 g/mol. The van der Waals surface area contributed by atoms with E-state index in [9.17, 15) is 0 Å². The Morgan fingerprint density at radius 3 is 2.65 bits per heavy atom. The third-order valence-corrected chi connectivity index (χ3v) is 3.76. The molecule has 0 radical (unpaired) electrons. The smallest absolute Gasteiger partial charge is 0.232 e. The van der Waals surface area contributed by atoms with Crippen LogP contribution in [0.25, 0.3) is 0 Å². The molecule has 7 heteroatoms. The molecule has 1 aromatic carbocycles. The Hall–Kier alpha value is -2.70. The SMILES string of the molecule is COc1ccccc1Nc1nc(C=N)nc(N2CCCCC2)n1. The zero-order valence-corrected chi connectivity index (χ0v) is 13.1. The molecule has 0 spiro atoms. The lowest BCUT2D eigenvalue weighted by atomic mass is 10.1. The first-order valence-electron chi connectivity index (χ1n) is 7.71. The first-order chi connectivity index (χ1) is 11.3. The maximum absolute atomic E-state index is 7.46. The molecule has 2 aromatic rings. The number of anilines is 3. The molecule has 0 amide bonds. The molecule has 3 rings (SSSR count). The third kappa shape index (κ3) is 3.56. The Morgan fingerprint density at radius 2 is 1.91 bits per heavy atom. The van der Waals surface area contributed by atoms with Crippen molar-refractivity contribution in [1.82, 2.24) is 15.0 Å². The van der Waals surface area contributed by atoms with Gasteiger partial charge in [0.15, 0.2) is 5.82 Å². The van der Waals surface area contributed by atoms with Gasteiger partial charge in [0, 0.05) is 13.1 Å². The van der Waals surface area contributed by atoms with Gasteiger partial charge in [0.05, 0.1) is 19.0 Å². The van der Waals surface area contributed by atoms with Gasteiger partial charge in [0.25, 0.3) is 0 Å². The molecule has 0 bridgehead atoms. The van der Waals surface area contributed by atoms with Crippen molar-refractivity contribution >= 4 is 23.8 Å². The van der Waals surface area contributed by atoms with Crippen molar-refractivity contribution < 1.29 is 4.74 Å². The second-order valence-corrected chi connectivity index (χ2v) is 5.33. The Labute approximate surface area is 135 Å². The second kappa shape index (κ2) is 7.04. The first kappa shape index (κ1) is 15.2. The molecule has 1 aliphatic rings. The van der Waals surface area contributed by atoms with Crippen molar-refractivity contribution in [3.05, 3.63) is 30.1 Å². The van der Waals surface area contributed by atoms with Crippen molar-refractivity contribution in [3.8, 4) is 5.75 Å². The highest BCUT2D eigenvalue weighted by atomic mass is 16.5. The quantitative estimate of drug-likeness (QED) is 0.825. The third-order valence-electron chi connectivity index (χ3n) is 3.76. The Bertz CT molecular complexity index is 684. The average Bonchev–Trinajstić information content (AvgIpc) is 2.62. The summed E-state index contributed by atoms with van der Waals surface area (Å²) in [6.45, 7) is 1.88. The zero-order chi connectivity index (χ0) is 16.1. The van der Waals surface area contributed by atoms with Gasteiger partial charge < -0.3 is 20.4 Å². The van der Waals surface area contributed by atoms with E-state index in [2.05, 4.69) is 25.2 Å². The van der Waals surface area contributed by atoms with Crippen molar-refractivity contribution in [3.63, 3.8) is 0 Å². The minimum Gasteiger partial charge on any atom is -0.495 e. The van der Waals surface area contributed by atoms with Gasteiger partial charge >= 0.3 is 0 Å². The van der Waals surface area contributed by atoms with Gasteiger partial charge in [-0.1, -0.05) is 12.1 Å². The summed E-state index contributed by atoms with van der Waals surface area (Å²) in [4.78, 5) is 15.3. The van der Waals surface area contributed by atoms with Gasteiger partial charge in [-0.25, -0.2) is 0 Å². The lowest BCUT2D eigenvalue weighted by molar-refractivity contribution is 0.417. The number of hydrogen-bond acceptors (Lipinski definition) is 7. The van der Waals surface area contributed by atoms with Gasteiger partial charge in [-0.2, -0.15) is 15.0 Å². The van der Waals surface area contributed by atoms with Crippen LogP contribution in [0.15, 0.2) is 24.3 Å². The van der Waals surface area contributed by atoms with Crippen LogP contribution in [0.4, 0.5) is 17.6 Å². The molecule has 7 nitrogen and oxygen atoms in total. The molecule has 1 aliphatic heterocycles. The van der Waals surface area contributed by atoms with Crippen LogP contribution in [0, 0.1) is 5.41 Å². The van der Waals surface area contributed by atoms with Crippen molar-refractivity contribution in [2.24, 2.45) is 0 Å². The predicted octanol–water partition coefficient (Wildman–Crippen LogP) is 2.61. The molecule has 1 aromatic heterocycles. The van der Waals surface area contributed by atoms with Crippen LogP contribution in [-0.2, 0) is 0 Å². The summed E-state index contributed by atoms with van der Waals surface area (Å²) in [6, 6.07) is 7.58. The van der Waals surface area contributed by atoms with Gasteiger partial charge in [-0.05, 0) is 31.4 Å². The topological polar surface area (TPSA) is 87.0 Å². The summed E-state index contributed by atoms with van der Waals surface area (Å²) >= 11 is 0. The predicted molar refractivity (Wildman–Crippen MR) is 90.1 cm³/mol. The van der Waals surface area contributed by atoms with Gasteiger partial charge in [-0.15, -0.1) is 0 Å². The molecule has 1 fully saturated rings. The number of methoxy groups -OCH3 is 1. The van der Waals surface area contributed by atoms with Crippen molar-refractivity contribution in [2.75, 3.05) is 30.4 Å². The van der Waals surface area contributed by atoms with Gasteiger partial charge in [0.1, 0.15) is 5.75 Å². The number of benzene rings is 1. The number of nitrogens with zero attached hydrogens (tertiary/aromatic N) is 4. The highest BCUT2D eigenvalue weighted by molar-refractivity contribution is 5.73. The molecule has 23 heavy (non-hydrogen) atoms. The maximum Gasteiger partial charge on any atom is 0.232 e. The molecule has 0 aliphatic carbocycles. The number of aromatic nitrogens is 3. The van der Waals surface area contributed by atoms with E-state index in [-0.39, 0.29) is 0 Å². The number of para-hydroxylation sites is 2. The zero-order valence-electron chi connectivity index (χ0n) is 13.1. The van der Waals surface area contributed by atoms with Crippen LogP contribution in [0.2, 0.25) is 0 Å². The summed E-state index contributed by atoms with van der Waals surface area (Å²) in [5.41, 5.74) is 0.779.